The Morgan fingerprint density at radius 1 is 1.10 bits per heavy atom. The lowest BCUT2D eigenvalue weighted by atomic mass is 10.0. The minimum Gasteiger partial charge on any atom is -0.449 e. The van der Waals surface area contributed by atoms with Crippen LogP contribution in [0, 0.1) is 5.92 Å². The number of piperidine rings is 1. The Balaban J connectivity index is 1.14. The van der Waals surface area contributed by atoms with Crippen LogP contribution in [0.1, 0.15) is 36.7 Å². The Bertz CT molecular complexity index is 1620. The number of alkyl halides is 1. The first-order chi connectivity index (χ1) is 20.4. The fourth-order valence-corrected chi connectivity index (χ4v) is 5.22. The van der Waals surface area contributed by atoms with Gasteiger partial charge in [-0.25, -0.2) is 14.2 Å². The smallest absolute Gasteiger partial charge is 0.414 e. The van der Waals surface area contributed by atoms with Crippen molar-refractivity contribution in [3.8, 4) is 11.5 Å². The first-order valence-corrected chi connectivity index (χ1v) is 14.0. The number of carbonyl (C=O) groups is 3. The molecule has 1 N–H and O–H groups in total. The minimum absolute atomic E-state index is 0.105. The number of nitrogens with one attached hydrogen (secondary N) is 1. The fraction of sp³-hybridized carbons (Fsp3) is 0.323. The first-order valence-electron chi connectivity index (χ1n) is 14.0. The highest BCUT2D eigenvalue weighted by molar-refractivity contribution is 5.96. The molecule has 216 valence electrons. The van der Waals surface area contributed by atoms with Crippen LogP contribution in [-0.4, -0.2) is 64.7 Å². The molecule has 2 aliphatic rings. The lowest BCUT2D eigenvalue weighted by Gasteiger charge is -2.37. The molecule has 4 aromatic rings. The quantitative estimate of drug-likeness (QED) is 0.313. The molecule has 42 heavy (non-hydrogen) atoms. The third kappa shape index (κ3) is 5.67. The van der Waals surface area contributed by atoms with Gasteiger partial charge in [0, 0.05) is 42.3 Å². The molecule has 1 saturated carbocycles. The van der Waals surface area contributed by atoms with E-state index in [2.05, 4.69) is 15.3 Å². The summed E-state index contributed by atoms with van der Waals surface area (Å²) in [5.41, 5.74) is 3.15. The average molecular weight is 572 g/mol. The highest BCUT2D eigenvalue weighted by Gasteiger charge is 2.43. The van der Waals surface area contributed by atoms with Gasteiger partial charge >= 0.3 is 6.09 Å². The number of oxazole rings is 1. The van der Waals surface area contributed by atoms with Gasteiger partial charge in [-0.05, 0) is 68.7 Å². The summed E-state index contributed by atoms with van der Waals surface area (Å²) < 4.78 is 24.4. The van der Waals surface area contributed by atoms with Crippen molar-refractivity contribution in [3.05, 3.63) is 72.6 Å². The molecule has 11 heteroatoms. The summed E-state index contributed by atoms with van der Waals surface area (Å²) in [4.78, 5) is 50.5. The van der Waals surface area contributed by atoms with Crippen LogP contribution in [0.2, 0.25) is 0 Å². The molecule has 0 radical (unpaired) electrons. The first kappa shape index (κ1) is 27.4. The van der Waals surface area contributed by atoms with Gasteiger partial charge < -0.3 is 19.4 Å². The Labute approximate surface area is 241 Å². The molecule has 0 bridgehead atoms. The molecule has 1 saturated heterocycles. The van der Waals surface area contributed by atoms with Crippen LogP contribution >= 0.6 is 0 Å². The van der Waals surface area contributed by atoms with Crippen molar-refractivity contribution in [1.29, 1.82) is 0 Å². The Hall–Kier alpha value is -4.80. The molecule has 6 rings (SSSR count). The zero-order valence-electron chi connectivity index (χ0n) is 23.0. The Morgan fingerprint density at radius 3 is 2.57 bits per heavy atom. The number of fused-ring (bicyclic) bond motifs is 1. The van der Waals surface area contributed by atoms with Gasteiger partial charge in [-0.2, -0.15) is 0 Å². The van der Waals surface area contributed by atoms with Gasteiger partial charge in [0.15, 0.2) is 5.58 Å². The summed E-state index contributed by atoms with van der Waals surface area (Å²) in [7, 11) is 0. The predicted octanol–water partition coefficient (Wildman–Crippen LogP) is 5.45. The van der Waals surface area contributed by atoms with E-state index in [-0.39, 0.29) is 36.6 Å². The third-order valence-electron chi connectivity index (χ3n) is 7.55. The number of hydrogen-bond donors (Lipinski definition) is 1. The van der Waals surface area contributed by atoms with Crippen LogP contribution in [0.25, 0.3) is 22.6 Å². The largest absolute Gasteiger partial charge is 0.449 e. The van der Waals surface area contributed by atoms with Crippen molar-refractivity contribution in [1.82, 2.24) is 14.9 Å². The van der Waals surface area contributed by atoms with Crippen LogP contribution in [0.5, 0.6) is 0 Å². The summed E-state index contributed by atoms with van der Waals surface area (Å²) in [6, 6.07) is 17.7. The normalized spacial score (nSPS) is 18.5. The number of carbonyl (C=O) groups excluding carboxylic acids is 3. The number of rotatable bonds is 7. The molecular formula is C31H30FN5O5. The predicted molar refractivity (Wildman–Crippen MR) is 154 cm³/mol. The monoisotopic (exact) mass is 571 g/mol. The SMILES string of the molecule is CCOC(=O)N(c1ccccc1)C1CCN(C(=O)c2cc(-c3nc4cc(NC(=O)[C@@H]5C[C@@H]5F)ccc4o3)ccn2)CC1. The van der Waals surface area contributed by atoms with Crippen molar-refractivity contribution in [2.75, 3.05) is 29.9 Å². The minimum atomic E-state index is -1.07. The number of benzene rings is 2. The van der Waals surface area contributed by atoms with Gasteiger partial charge in [-0.3, -0.25) is 19.5 Å². The van der Waals surface area contributed by atoms with Crippen LogP contribution in [-0.2, 0) is 9.53 Å². The molecule has 0 spiro atoms. The fourth-order valence-electron chi connectivity index (χ4n) is 5.22. The van der Waals surface area contributed by atoms with E-state index in [1.165, 1.54) is 6.20 Å². The maximum atomic E-state index is 13.4. The number of para-hydroxylation sites is 1. The van der Waals surface area contributed by atoms with Gasteiger partial charge in [0.2, 0.25) is 11.8 Å². The number of amides is 3. The van der Waals surface area contributed by atoms with E-state index in [9.17, 15) is 18.8 Å². The lowest BCUT2D eigenvalue weighted by Crippen LogP contribution is -2.49. The molecule has 1 aliphatic carbocycles. The number of hydrogen-bond acceptors (Lipinski definition) is 7. The Kier molecular flexibility index (Phi) is 7.56. The van der Waals surface area contributed by atoms with Gasteiger partial charge in [0.25, 0.3) is 5.91 Å². The molecule has 2 aromatic heterocycles. The maximum absolute atomic E-state index is 13.4. The van der Waals surface area contributed by atoms with Gasteiger partial charge in [0.05, 0.1) is 12.5 Å². The van der Waals surface area contributed by atoms with E-state index < -0.39 is 18.2 Å². The molecule has 2 fully saturated rings. The second-order valence-electron chi connectivity index (χ2n) is 10.4. The molecule has 2 aromatic carbocycles. The van der Waals surface area contributed by atoms with Crippen LogP contribution in [0.15, 0.2) is 71.3 Å². The number of pyridine rings is 1. The second kappa shape index (κ2) is 11.6. The lowest BCUT2D eigenvalue weighted by molar-refractivity contribution is -0.117. The molecule has 2 atom stereocenters. The van der Waals surface area contributed by atoms with Gasteiger partial charge in [-0.1, -0.05) is 18.2 Å². The van der Waals surface area contributed by atoms with Crippen LogP contribution in [0.4, 0.5) is 20.6 Å². The van der Waals surface area contributed by atoms with E-state index in [0.29, 0.717) is 54.2 Å². The van der Waals surface area contributed by atoms with E-state index in [4.69, 9.17) is 9.15 Å². The molecule has 3 heterocycles. The summed E-state index contributed by atoms with van der Waals surface area (Å²) >= 11 is 0. The highest BCUT2D eigenvalue weighted by atomic mass is 19.1. The molecule has 3 amide bonds. The molecule has 10 nitrogen and oxygen atoms in total. The summed E-state index contributed by atoms with van der Waals surface area (Å²) in [5, 5.41) is 2.72. The third-order valence-corrected chi connectivity index (χ3v) is 7.55. The summed E-state index contributed by atoms with van der Waals surface area (Å²) in [6.07, 6.45) is 1.51. The van der Waals surface area contributed by atoms with Crippen LogP contribution < -0.4 is 10.2 Å². The number of aromatic nitrogens is 2. The number of likely N-dealkylation sites (tertiary alicyclic amines) is 1. The maximum Gasteiger partial charge on any atom is 0.414 e. The molecule has 0 unspecified atom stereocenters. The van der Waals surface area contributed by atoms with Crippen molar-refractivity contribution >= 4 is 40.4 Å². The zero-order chi connectivity index (χ0) is 29.2. The van der Waals surface area contributed by atoms with E-state index >= 15 is 0 Å². The summed E-state index contributed by atoms with van der Waals surface area (Å²) in [6.45, 7) is 2.97. The Morgan fingerprint density at radius 2 is 1.86 bits per heavy atom. The summed E-state index contributed by atoms with van der Waals surface area (Å²) in [5.74, 6) is -0.847. The number of ether oxygens (including phenoxy) is 1. The van der Waals surface area contributed by atoms with Gasteiger partial charge in [-0.15, -0.1) is 0 Å². The van der Waals surface area contributed by atoms with E-state index in [1.54, 1.807) is 47.1 Å². The zero-order valence-corrected chi connectivity index (χ0v) is 23.0. The van der Waals surface area contributed by atoms with Crippen molar-refractivity contribution in [2.45, 2.75) is 38.4 Å². The second-order valence-corrected chi connectivity index (χ2v) is 10.4. The van der Waals surface area contributed by atoms with E-state index in [1.807, 2.05) is 30.3 Å². The van der Waals surface area contributed by atoms with Crippen molar-refractivity contribution in [2.24, 2.45) is 5.92 Å². The average Bonchev–Trinajstić information content (AvgIpc) is 3.60. The van der Waals surface area contributed by atoms with Crippen LogP contribution in [0.3, 0.4) is 0 Å². The van der Waals surface area contributed by atoms with Crippen molar-refractivity contribution < 1.29 is 27.9 Å². The van der Waals surface area contributed by atoms with E-state index in [0.717, 1.165) is 5.69 Å². The number of halogens is 1. The number of anilines is 2. The number of nitrogens with zero attached hydrogens (tertiary/aromatic N) is 4. The standard InChI is InChI=1S/C31H30FN5O5/c1-2-41-31(40)37(21-6-4-3-5-7-21)22-11-14-36(15-12-22)30(39)26-16-19(10-13-33-26)29-35-25-17-20(8-9-27(25)42-29)34-28(38)23-18-24(23)32/h3-10,13,16-17,22-24H,2,11-12,14-15,18H2,1H3,(H,34,38)/t23-,24+/m1/s1. The molecular weight excluding hydrogens is 541 g/mol. The highest BCUT2D eigenvalue weighted by Crippen LogP contribution is 2.35. The molecule has 1 aliphatic heterocycles. The van der Waals surface area contributed by atoms with Gasteiger partial charge in [0.1, 0.15) is 17.4 Å². The topological polar surface area (TPSA) is 118 Å². The van der Waals surface area contributed by atoms with Crippen molar-refractivity contribution in [3.63, 3.8) is 0 Å².